The van der Waals surface area contributed by atoms with Gasteiger partial charge < -0.3 is 5.32 Å². The van der Waals surface area contributed by atoms with Gasteiger partial charge in [0.1, 0.15) is 4.47 Å². The summed E-state index contributed by atoms with van der Waals surface area (Å²) in [5, 5.41) is 7.48. The van der Waals surface area contributed by atoms with E-state index < -0.39 is 0 Å². The fraction of sp³-hybridized carbons (Fsp3) is 0.375. The minimum absolute atomic E-state index is 0.0855. The summed E-state index contributed by atoms with van der Waals surface area (Å²) in [6, 6.07) is 8.28. The molecule has 1 aromatic heterocycles. The van der Waals surface area contributed by atoms with Crippen molar-refractivity contribution < 1.29 is 0 Å². The number of hydrogen-bond donors (Lipinski definition) is 1. The van der Waals surface area contributed by atoms with Crippen molar-refractivity contribution in [2.75, 3.05) is 5.32 Å². The Balaban J connectivity index is 2.10. The Bertz CT molecular complexity index is 667. The highest BCUT2D eigenvalue weighted by atomic mass is 79.9. The van der Waals surface area contributed by atoms with Crippen molar-refractivity contribution in [2.45, 2.75) is 39.8 Å². The molecular weight excluding hydrogens is 330 g/mol. The summed E-state index contributed by atoms with van der Waals surface area (Å²) in [5.41, 5.74) is 3.05. The van der Waals surface area contributed by atoms with Crippen molar-refractivity contribution in [1.29, 1.82) is 0 Å². The highest BCUT2D eigenvalue weighted by molar-refractivity contribution is 9.10. The Morgan fingerprint density at radius 1 is 1.38 bits per heavy atom. The van der Waals surface area contributed by atoms with Crippen molar-refractivity contribution in [2.24, 2.45) is 0 Å². The van der Waals surface area contributed by atoms with Crippen LogP contribution in [0.3, 0.4) is 0 Å². The van der Waals surface area contributed by atoms with Crippen molar-refractivity contribution in [3.8, 4) is 0 Å². The molecule has 0 spiro atoms. The molecule has 0 aliphatic heterocycles. The Kier molecular flexibility index (Phi) is 5.56. The first-order valence-corrected chi connectivity index (χ1v) is 7.96. The predicted octanol–water partition coefficient (Wildman–Crippen LogP) is 3.73. The summed E-state index contributed by atoms with van der Waals surface area (Å²) in [6.07, 6.45) is 3.70. The third-order valence-corrected chi connectivity index (χ3v) is 4.04. The number of anilines is 1. The minimum atomic E-state index is -0.0855. The number of nitrogens with one attached hydrogen (secondary N) is 1. The molecule has 0 aliphatic rings. The van der Waals surface area contributed by atoms with Gasteiger partial charge in [0.15, 0.2) is 0 Å². The van der Waals surface area contributed by atoms with Crippen LogP contribution in [0.1, 0.15) is 30.9 Å². The normalized spacial score (nSPS) is 10.6. The molecule has 2 aromatic rings. The van der Waals surface area contributed by atoms with Crippen LogP contribution < -0.4 is 10.9 Å². The predicted molar refractivity (Wildman–Crippen MR) is 89.6 cm³/mol. The number of benzene rings is 1. The van der Waals surface area contributed by atoms with Gasteiger partial charge in [-0.2, -0.15) is 5.10 Å². The molecule has 0 bridgehead atoms. The standard InChI is InChI=1S/C16H20BrN3O/c1-3-4-8-20-16(21)15(17)14(11-19-20)18-10-13-7-5-6-12(2)9-13/h5-7,9,11,18H,3-4,8,10H2,1-2H3. The average molecular weight is 350 g/mol. The lowest BCUT2D eigenvalue weighted by molar-refractivity contribution is 0.541. The Morgan fingerprint density at radius 2 is 2.19 bits per heavy atom. The molecule has 1 heterocycles. The second kappa shape index (κ2) is 7.41. The molecule has 0 saturated carbocycles. The zero-order valence-electron chi connectivity index (χ0n) is 12.4. The topological polar surface area (TPSA) is 46.9 Å². The molecule has 4 nitrogen and oxygen atoms in total. The van der Waals surface area contributed by atoms with Crippen molar-refractivity contribution in [3.63, 3.8) is 0 Å². The summed E-state index contributed by atoms with van der Waals surface area (Å²) in [5.74, 6) is 0. The van der Waals surface area contributed by atoms with E-state index in [9.17, 15) is 4.79 Å². The van der Waals surface area contributed by atoms with E-state index in [-0.39, 0.29) is 5.56 Å². The van der Waals surface area contributed by atoms with E-state index in [0.717, 1.165) is 18.5 Å². The zero-order valence-corrected chi connectivity index (χ0v) is 14.0. The quantitative estimate of drug-likeness (QED) is 0.864. The van der Waals surface area contributed by atoms with Crippen LogP contribution in [0.25, 0.3) is 0 Å². The third kappa shape index (κ3) is 4.17. The molecule has 1 aromatic carbocycles. The molecule has 5 heteroatoms. The molecule has 0 radical (unpaired) electrons. The highest BCUT2D eigenvalue weighted by Crippen LogP contribution is 2.17. The van der Waals surface area contributed by atoms with Crippen molar-refractivity contribution in [3.05, 3.63) is 56.4 Å². The number of aryl methyl sites for hydroxylation is 2. The van der Waals surface area contributed by atoms with Gasteiger partial charge in [-0.1, -0.05) is 43.2 Å². The van der Waals surface area contributed by atoms with Gasteiger partial charge in [-0.25, -0.2) is 4.68 Å². The van der Waals surface area contributed by atoms with Crippen LogP contribution in [0.4, 0.5) is 5.69 Å². The van der Waals surface area contributed by atoms with Crippen LogP contribution >= 0.6 is 15.9 Å². The molecule has 2 rings (SSSR count). The lowest BCUT2D eigenvalue weighted by Crippen LogP contribution is -2.24. The summed E-state index contributed by atoms with van der Waals surface area (Å²) in [6.45, 7) is 5.49. The number of hydrogen-bond acceptors (Lipinski definition) is 3. The minimum Gasteiger partial charge on any atom is -0.379 e. The lowest BCUT2D eigenvalue weighted by atomic mass is 10.1. The van der Waals surface area contributed by atoms with Crippen LogP contribution in [-0.2, 0) is 13.1 Å². The van der Waals surface area contributed by atoms with E-state index in [0.29, 0.717) is 17.6 Å². The van der Waals surface area contributed by atoms with Gasteiger partial charge in [0.25, 0.3) is 5.56 Å². The molecule has 112 valence electrons. The molecule has 0 atom stereocenters. The second-order valence-electron chi connectivity index (χ2n) is 5.10. The van der Waals surface area contributed by atoms with Gasteiger partial charge in [-0.05, 0) is 34.8 Å². The number of aromatic nitrogens is 2. The van der Waals surface area contributed by atoms with E-state index in [4.69, 9.17) is 0 Å². The third-order valence-electron chi connectivity index (χ3n) is 3.27. The van der Waals surface area contributed by atoms with Crippen LogP contribution in [0.2, 0.25) is 0 Å². The van der Waals surface area contributed by atoms with Crippen LogP contribution in [0.15, 0.2) is 39.7 Å². The highest BCUT2D eigenvalue weighted by Gasteiger charge is 2.08. The summed E-state index contributed by atoms with van der Waals surface area (Å²) >= 11 is 3.38. The SMILES string of the molecule is CCCCn1ncc(NCc2cccc(C)c2)c(Br)c1=O. The van der Waals surface area contributed by atoms with Gasteiger partial charge in [-0.3, -0.25) is 4.79 Å². The van der Waals surface area contributed by atoms with E-state index in [1.54, 1.807) is 6.20 Å². The maximum absolute atomic E-state index is 12.2. The van der Waals surface area contributed by atoms with Gasteiger partial charge in [0, 0.05) is 13.1 Å². The number of unbranched alkanes of at least 4 members (excludes halogenated alkanes) is 1. The zero-order chi connectivity index (χ0) is 15.2. The van der Waals surface area contributed by atoms with Gasteiger partial charge in [0.2, 0.25) is 0 Å². The maximum atomic E-state index is 12.2. The molecule has 21 heavy (non-hydrogen) atoms. The molecule has 0 aliphatic carbocycles. The molecule has 0 amide bonds. The summed E-state index contributed by atoms with van der Waals surface area (Å²) in [4.78, 5) is 12.2. The number of nitrogens with zero attached hydrogens (tertiary/aromatic N) is 2. The fourth-order valence-corrected chi connectivity index (χ4v) is 2.52. The van der Waals surface area contributed by atoms with Gasteiger partial charge >= 0.3 is 0 Å². The largest absolute Gasteiger partial charge is 0.379 e. The van der Waals surface area contributed by atoms with Crippen LogP contribution in [0.5, 0.6) is 0 Å². The first kappa shape index (κ1) is 15.8. The Hall–Kier alpha value is -1.62. The number of rotatable bonds is 6. The maximum Gasteiger partial charge on any atom is 0.283 e. The van der Waals surface area contributed by atoms with E-state index in [1.165, 1.54) is 15.8 Å². The molecular formula is C16H20BrN3O. The van der Waals surface area contributed by atoms with Gasteiger partial charge in [-0.15, -0.1) is 0 Å². The Morgan fingerprint density at radius 3 is 2.90 bits per heavy atom. The van der Waals surface area contributed by atoms with Crippen molar-refractivity contribution in [1.82, 2.24) is 9.78 Å². The first-order valence-electron chi connectivity index (χ1n) is 7.17. The van der Waals surface area contributed by atoms with Gasteiger partial charge in [0.05, 0.1) is 11.9 Å². The van der Waals surface area contributed by atoms with Crippen LogP contribution in [0, 0.1) is 6.92 Å². The molecule has 0 unspecified atom stereocenters. The molecule has 0 fully saturated rings. The monoisotopic (exact) mass is 349 g/mol. The lowest BCUT2D eigenvalue weighted by Gasteiger charge is -2.10. The summed E-state index contributed by atoms with van der Waals surface area (Å²) in [7, 11) is 0. The second-order valence-corrected chi connectivity index (χ2v) is 5.89. The number of halogens is 1. The Labute approximate surface area is 133 Å². The first-order chi connectivity index (χ1) is 10.1. The van der Waals surface area contributed by atoms with E-state index in [1.807, 2.05) is 6.07 Å². The van der Waals surface area contributed by atoms with Crippen LogP contribution in [-0.4, -0.2) is 9.78 Å². The van der Waals surface area contributed by atoms with E-state index in [2.05, 4.69) is 58.4 Å². The fourth-order valence-electron chi connectivity index (χ4n) is 2.07. The summed E-state index contributed by atoms with van der Waals surface area (Å²) < 4.78 is 2.05. The average Bonchev–Trinajstić information content (AvgIpc) is 2.48. The van der Waals surface area contributed by atoms with Crippen molar-refractivity contribution >= 4 is 21.6 Å². The molecule has 1 N–H and O–H groups in total. The molecule has 0 saturated heterocycles. The smallest absolute Gasteiger partial charge is 0.283 e. The van der Waals surface area contributed by atoms with E-state index >= 15 is 0 Å².